The van der Waals surface area contributed by atoms with Crippen molar-refractivity contribution in [1.29, 1.82) is 0 Å². The molecule has 0 rings (SSSR count). The number of carbonyl (C=O) groups excluding carboxylic acids is 1. The van der Waals surface area contributed by atoms with E-state index in [0.29, 0.717) is 6.61 Å². The molecule has 0 aliphatic carbocycles. The summed E-state index contributed by atoms with van der Waals surface area (Å²) in [5.41, 5.74) is 0. The van der Waals surface area contributed by atoms with Crippen molar-refractivity contribution in [3.63, 3.8) is 0 Å². The zero-order valence-electron chi connectivity index (χ0n) is 9.33. The maximum atomic E-state index is 11.5. The van der Waals surface area contributed by atoms with Crippen molar-refractivity contribution >= 4 is 6.09 Å². The maximum Gasteiger partial charge on any atom is 0.410 e. The number of carbonyl (C=O) groups is 1. The van der Waals surface area contributed by atoms with Gasteiger partial charge in [0.25, 0.3) is 0 Å². The minimum absolute atomic E-state index is 0.198. The Bertz CT molecular complexity index is 147. The van der Waals surface area contributed by atoms with Gasteiger partial charge in [-0.05, 0) is 34.1 Å². The average molecular weight is 187 g/mol. The summed E-state index contributed by atoms with van der Waals surface area (Å²) in [6.45, 7) is 10.5. The van der Waals surface area contributed by atoms with Crippen LogP contribution in [0.3, 0.4) is 0 Å². The summed E-state index contributed by atoms with van der Waals surface area (Å²) < 4.78 is 5.06. The predicted octanol–water partition coefficient (Wildman–Crippen LogP) is 2.65. The Morgan fingerprint density at radius 1 is 1.23 bits per heavy atom. The quantitative estimate of drug-likeness (QED) is 0.677. The summed E-state index contributed by atoms with van der Waals surface area (Å²) in [7, 11) is 0. The van der Waals surface area contributed by atoms with Gasteiger partial charge in [0.2, 0.25) is 0 Å². The topological polar surface area (TPSA) is 29.5 Å². The van der Waals surface area contributed by atoms with Crippen LogP contribution < -0.4 is 0 Å². The molecule has 0 atom stereocenters. The Hall–Kier alpha value is -0.730. The smallest absolute Gasteiger partial charge is 0.410 e. The van der Waals surface area contributed by atoms with Gasteiger partial charge in [-0.15, -0.1) is 0 Å². The van der Waals surface area contributed by atoms with Gasteiger partial charge >= 0.3 is 6.09 Å². The van der Waals surface area contributed by atoms with E-state index < -0.39 is 0 Å². The van der Waals surface area contributed by atoms with Crippen molar-refractivity contribution in [1.82, 2.24) is 4.90 Å². The fraction of sp³-hybridized carbons (Fsp3) is 0.900. The third-order valence-corrected chi connectivity index (χ3v) is 1.75. The highest BCUT2D eigenvalue weighted by atomic mass is 16.6. The van der Waals surface area contributed by atoms with Gasteiger partial charge < -0.3 is 9.64 Å². The maximum absolute atomic E-state index is 11.5. The Morgan fingerprint density at radius 2 is 1.69 bits per heavy atom. The second-order valence-electron chi connectivity index (χ2n) is 3.71. The van der Waals surface area contributed by atoms with Crippen LogP contribution in [-0.2, 0) is 4.74 Å². The van der Waals surface area contributed by atoms with E-state index in [1.165, 1.54) is 0 Å². The molecule has 0 saturated carbocycles. The number of nitrogens with zero attached hydrogens (tertiary/aromatic N) is 1. The van der Waals surface area contributed by atoms with Crippen molar-refractivity contribution in [2.45, 2.75) is 53.1 Å². The molecule has 0 bridgehead atoms. The first-order valence-corrected chi connectivity index (χ1v) is 4.95. The summed E-state index contributed by atoms with van der Waals surface area (Å²) in [6.07, 6.45) is 0.669. The van der Waals surface area contributed by atoms with Crippen LogP contribution in [0.15, 0.2) is 0 Å². The zero-order chi connectivity index (χ0) is 10.4. The molecule has 0 fully saturated rings. The van der Waals surface area contributed by atoms with E-state index in [-0.39, 0.29) is 18.2 Å². The van der Waals surface area contributed by atoms with Crippen LogP contribution in [0.5, 0.6) is 0 Å². The Morgan fingerprint density at radius 3 is 2.00 bits per heavy atom. The molecular formula is C10H21NO2. The van der Waals surface area contributed by atoms with Crippen LogP contribution in [0, 0.1) is 0 Å². The van der Waals surface area contributed by atoms with Gasteiger partial charge in [-0.2, -0.15) is 0 Å². The Labute approximate surface area is 81.1 Å². The molecule has 0 saturated heterocycles. The van der Waals surface area contributed by atoms with Crippen LogP contribution in [-0.4, -0.2) is 29.7 Å². The molecule has 0 unspecified atom stereocenters. The molecular weight excluding hydrogens is 166 g/mol. The van der Waals surface area contributed by atoms with Crippen molar-refractivity contribution in [2.24, 2.45) is 0 Å². The third kappa shape index (κ3) is 4.15. The van der Waals surface area contributed by atoms with Crippen LogP contribution in [0.1, 0.15) is 41.0 Å². The average Bonchev–Trinajstić information content (AvgIpc) is 1.99. The second-order valence-corrected chi connectivity index (χ2v) is 3.71. The molecule has 0 spiro atoms. The van der Waals surface area contributed by atoms with E-state index >= 15 is 0 Å². The van der Waals surface area contributed by atoms with Gasteiger partial charge in [-0.1, -0.05) is 6.92 Å². The summed E-state index contributed by atoms with van der Waals surface area (Å²) in [6, 6.07) is 0.397. The zero-order valence-corrected chi connectivity index (χ0v) is 9.33. The highest BCUT2D eigenvalue weighted by Gasteiger charge is 2.20. The highest BCUT2D eigenvalue weighted by molar-refractivity contribution is 5.68. The lowest BCUT2D eigenvalue weighted by molar-refractivity contribution is 0.0793. The van der Waals surface area contributed by atoms with Gasteiger partial charge in [-0.3, -0.25) is 0 Å². The van der Waals surface area contributed by atoms with E-state index in [2.05, 4.69) is 0 Å². The molecule has 78 valence electrons. The summed E-state index contributed by atoms with van der Waals surface area (Å²) >= 11 is 0. The lowest BCUT2D eigenvalue weighted by Gasteiger charge is -2.29. The van der Waals surface area contributed by atoms with Crippen LogP contribution in [0.25, 0.3) is 0 Å². The first-order valence-electron chi connectivity index (χ1n) is 4.95. The molecule has 1 amide bonds. The SMILES string of the molecule is CCCOC(=O)N(C(C)C)C(C)C. The van der Waals surface area contributed by atoms with Crippen LogP contribution >= 0.6 is 0 Å². The molecule has 13 heavy (non-hydrogen) atoms. The molecule has 0 aromatic rings. The first-order chi connectivity index (χ1) is 6.00. The molecule has 0 heterocycles. The van der Waals surface area contributed by atoms with Gasteiger partial charge in [0.05, 0.1) is 6.61 Å². The normalized spacial score (nSPS) is 10.7. The van der Waals surface area contributed by atoms with Gasteiger partial charge in [-0.25, -0.2) is 4.79 Å². The fourth-order valence-corrected chi connectivity index (χ4v) is 1.28. The van der Waals surface area contributed by atoms with Gasteiger partial charge in [0.15, 0.2) is 0 Å². The standard InChI is InChI=1S/C10H21NO2/c1-6-7-13-10(12)11(8(2)3)9(4)5/h8-9H,6-7H2,1-5H3. The Balaban J connectivity index is 4.13. The molecule has 0 N–H and O–H groups in total. The van der Waals surface area contributed by atoms with E-state index in [9.17, 15) is 4.79 Å². The van der Waals surface area contributed by atoms with Crippen molar-refractivity contribution < 1.29 is 9.53 Å². The lowest BCUT2D eigenvalue weighted by Crippen LogP contribution is -2.42. The fourth-order valence-electron chi connectivity index (χ4n) is 1.28. The highest BCUT2D eigenvalue weighted by Crippen LogP contribution is 2.07. The number of amides is 1. The summed E-state index contributed by atoms with van der Waals surface area (Å²) in [5, 5.41) is 0. The third-order valence-electron chi connectivity index (χ3n) is 1.75. The van der Waals surface area contributed by atoms with Crippen molar-refractivity contribution in [3.8, 4) is 0 Å². The van der Waals surface area contributed by atoms with Gasteiger partial charge in [0, 0.05) is 12.1 Å². The second kappa shape index (κ2) is 5.84. The molecule has 0 aromatic heterocycles. The number of rotatable bonds is 4. The van der Waals surface area contributed by atoms with Crippen LogP contribution in [0.4, 0.5) is 4.79 Å². The summed E-state index contributed by atoms with van der Waals surface area (Å²) in [5.74, 6) is 0. The number of hydrogen-bond acceptors (Lipinski definition) is 2. The molecule has 0 aromatic carbocycles. The monoisotopic (exact) mass is 187 g/mol. The Kier molecular flexibility index (Phi) is 5.51. The first kappa shape index (κ1) is 12.3. The van der Waals surface area contributed by atoms with E-state index in [4.69, 9.17) is 4.74 Å². The minimum Gasteiger partial charge on any atom is -0.449 e. The lowest BCUT2D eigenvalue weighted by atomic mass is 10.2. The predicted molar refractivity (Wildman–Crippen MR) is 53.8 cm³/mol. The molecule has 0 radical (unpaired) electrons. The molecule has 0 aliphatic heterocycles. The molecule has 0 aliphatic rings. The molecule has 3 heteroatoms. The van der Waals surface area contributed by atoms with Gasteiger partial charge in [0.1, 0.15) is 0 Å². The van der Waals surface area contributed by atoms with Crippen molar-refractivity contribution in [3.05, 3.63) is 0 Å². The number of ether oxygens (including phenoxy) is 1. The minimum atomic E-state index is -0.202. The van der Waals surface area contributed by atoms with Crippen LogP contribution in [0.2, 0.25) is 0 Å². The van der Waals surface area contributed by atoms with E-state index in [1.54, 1.807) is 4.90 Å². The molecule has 3 nitrogen and oxygen atoms in total. The number of hydrogen-bond donors (Lipinski definition) is 0. The van der Waals surface area contributed by atoms with E-state index in [1.807, 2.05) is 34.6 Å². The summed E-state index contributed by atoms with van der Waals surface area (Å²) in [4.78, 5) is 13.2. The van der Waals surface area contributed by atoms with Crippen molar-refractivity contribution in [2.75, 3.05) is 6.61 Å². The largest absolute Gasteiger partial charge is 0.449 e. The van der Waals surface area contributed by atoms with E-state index in [0.717, 1.165) is 6.42 Å².